The first-order valence-corrected chi connectivity index (χ1v) is 13.8. The molecule has 0 aromatic heterocycles. The van der Waals surface area contributed by atoms with Gasteiger partial charge < -0.3 is 15.1 Å². The minimum atomic E-state index is 0.587. The molecule has 3 aliphatic rings. The third kappa shape index (κ3) is 6.49. The van der Waals surface area contributed by atoms with Crippen LogP contribution in [0.2, 0.25) is 0 Å². The summed E-state index contributed by atoms with van der Waals surface area (Å²) >= 11 is 0. The van der Waals surface area contributed by atoms with E-state index in [1.807, 2.05) is 0 Å². The van der Waals surface area contributed by atoms with Crippen molar-refractivity contribution >= 4 is 18.8 Å². The van der Waals surface area contributed by atoms with Crippen molar-refractivity contribution < 1.29 is 0 Å². The number of nitrogens with one attached hydrogen (secondary N) is 1. The molecule has 34 heavy (non-hydrogen) atoms. The maximum atomic E-state index is 4.38. The van der Waals surface area contributed by atoms with Crippen LogP contribution in [0, 0.1) is 11.8 Å². The summed E-state index contributed by atoms with van der Waals surface area (Å²) in [5.41, 5.74) is 5.23. The Labute approximate surface area is 208 Å². The van der Waals surface area contributed by atoms with Crippen LogP contribution in [0.4, 0.5) is 5.69 Å². The van der Waals surface area contributed by atoms with Crippen LogP contribution in [-0.2, 0) is 6.42 Å². The average molecular weight is 462 g/mol. The maximum absolute atomic E-state index is 4.38. The Morgan fingerprint density at radius 2 is 1.65 bits per heavy atom. The second-order valence-corrected chi connectivity index (χ2v) is 11.3. The highest BCUT2D eigenvalue weighted by atomic mass is 15.1. The quantitative estimate of drug-likeness (QED) is 0.553. The van der Waals surface area contributed by atoms with Crippen LogP contribution < -0.4 is 20.7 Å². The van der Waals surface area contributed by atoms with Crippen molar-refractivity contribution in [2.45, 2.75) is 84.1 Å². The van der Waals surface area contributed by atoms with Crippen molar-refractivity contribution in [3.63, 3.8) is 0 Å². The van der Waals surface area contributed by atoms with Crippen molar-refractivity contribution in [3.8, 4) is 0 Å². The summed E-state index contributed by atoms with van der Waals surface area (Å²) in [7, 11) is 0. The molecule has 1 aromatic carbocycles. The Balaban J connectivity index is 1.28. The zero-order chi connectivity index (χ0) is 24.1. The van der Waals surface area contributed by atoms with Crippen molar-refractivity contribution in [1.82, 2.24) is 10.2 Å². The van der Waals surface area contributed by atoms with Crippen LogP contribution in [0.25, 0.3) is 13.2 Å². The second-order valence-electron chi connectivity index (χ2n) is 11.3. The zero-order valence-electron chi connectivity index (χ0n) is 21.9. The van der Waals surface area contributed by atoms with Crippen LogP contribution in [0.5, 0.6) is 0 Å². The summed E-state index contributed by atoms with van der Waals surface area (Å²) in [6, 6.07) is 5.27. The van der Waals surface area contributed by atoms with Gasteiger partial charge in [-0.3, -0.25) is 0 Å². The van der Waals surface area contributed by atoms with Crippen LogP contribution in [-0.4, -0.2) is 37.1 Å². The van der Waals surface area contributed by atoms with Crippen molar-refractivity contribution in [2.24, 2.45) is 11.8 Å². The zero-order valence-corrected chi connectivity index (χ0v) is 21.9. The van der Waals surface area contributed by atoms with Crippen LogP contribution >= 0.6 is 0 Å². The van der Waals surface area contributed by atoms with Gasteiger partial charge in [0.15, 0.2) is 0 Å². The molecule has 0 amide bonds. The minimum Gasteiger partial charge on any atom is -0.386 e. The van der Waals surface area contributed by atoms with Gasteiger partial charge in [-0.2, -0.15) is 0 Å². The van der Waals surface area contributed by atoms with Crippen LogP contribution in [0.3, 0.4) is 0 Å². The number of piperidine rings is 2. The number of allylic oxidation sites excluding steroid dienone is 2. The summed E-state index contributed by atoms with van der Waals surface area (Å²) in [5.74, 6) is 1.61. The molecule has 0 spiro atoms. The van der Waals surface area contributed by atoms with E-state index in [9.17, 15) is 0 Å². The number of rotatable bonds is 7. The Morgan fingerprint density at radius 1 is 0.971 bits per heavy atom. The lowest BCUT2D eigenvalue weighted by Gasteiger charge is -2.33. The summed E-state index contributed by atoms with van der Waals surface area (Å²) in [6.07, 6.45) is 15.0. The molecule has 0 unspecified atom stereocenters. The monoisotopic (exact) mass is 461 g/mol. The van der Waals surface area contributed by atoms with Gasteiger partial charge in [0.2, 0.25) is 0 Å². The number of hydrogen-bond donors (Lipinski definition) is 1. The lowest BCUT2D eigenvalue weighted by molar-refractivity contribution is 0.243. The van der Waals surface area contributed by atoms with E-state index in [-0.39, 0.29) is 0 Å². The Kier molecular flexibility index (Phi) is 8.45. The predicted octanol–water partition coefficient (Wildman–Crippen LogP) is 5.34. The van der Waals surface area contributed by atoms with Gasteiger partial charge in [0.1, 0.15) is 0 Å². The highest BCUT2D eigenvalue weighted by molar-refractivity contribution is 5.50. The van der Waals surface area contributed by atoms with E-state index >= 15 is 0 Å². The molecule has 1 saturated carbocycles. The molecule has 186 valence electrons. The van der Waals surface area contributed by atoms with Gasteiger partial charge in [0.05, 0.1) is 0 Å². The Morgan fingerprint density at radius 3 is 2.32 bits per heavy atom. The fourth-order valence-corrected chi connectivity index (χ4v) is 6.12. The molecule has 1 aliphatic carbocycles. The maximum Gasteiger partial charge on any atom is 0.0375 e. The summed E-state index contributed by atoms with van der Waals surface area (Å²) in [4.78, 5) is 5.00. The number of likely N-dealkylation sites (tertiary alicyclic amines) is 1. The van der Waals surface area contributed by atoms with Crippen molar-refractivity contribution in [2.75, 3.05) is 31.1 Å². The summed E-state index contributed by atoms with van der Waals surface area (Å²) < 4.78 is 0. The van der Waals surface area contributed by atoms with E-state index < -0.39 is 0 Å². The molecule has 0 bridgehead atoms. The lowest BCUT2D eigenvalue weighted by Crippen LogP contribution is -2.35. The normalized spacial score (nSPS) is 24.8. The van der Waals surface area contributed by atoms with Crippen molar-refractivity contribution in [1.29, 1.82) is 0 Å². The summed E-state index contributed by atoms with van der Waals surface area (Å²) in [6.45, 7) is 22.3. The third-order valence-electron chi connectivity index (χ3n) is 8.50. The fraction of sp³-hybridized carbons (Fsp3) is 0.613. The molecule has 0 radical (unpaired) electrons. The van der Waals surface area contributed by atoms with Gasteiger partial charge in [0, 0.05) is 49.3 Å². The summed E-state index contributed by atoms with van der Waals surface area (Å²) in [5, 5.41) is 6.07. The highest BCUT2D eigenvalue weighted by Gasteiger charge is 2.23. The smallest absolute Gasteiger partial charge is 0.0375 e. The van der Waals surface area contributed by atoms with E-state index in [1.165, 1.54) is 93.5 Å². The van der Waals surface area contributed by atoms with Gasteiger partial charge in [-0.15, -0.1) is 0 Å². The van der Waals surface area contributed by atoms with Gasteiger partial charge in [-0.25, -0.2) is 0 Å². The Bertz CT molecular complexity index is 955. The van der Waals surface area contributed by atoms with E-state index in [0.29, 0.717) is 6.04 Å². The molecule has 1 N–H and O–H groups in total. The first-order valence-electron chi connectivity index (χ1n) is 13.8. The minimum absolute atomic E-state index is 0.587. The topological polar surface area (TPSA) is 18.5 Å². The van der Waals surface area contributed by atoms with Crippen LogP contribution in [0.1, 0.15) is 77.2 Å². The van der Waals surface area contributed by atoms with E-state index in [4.69, 9.17) is 0 Å². The third-order valence-corrected chi connectivity index (χ3v) is 8.50. The molecule has 3 fully saturated rings. The molecule has 2 aliphatic heterocycles. The molecule has 3 nitrogen and oxygen atoms in total. The van der Waals surface area contributed by atoms with Gasteiger partial charge in [-0.05, 0) is 117 Å². The standard InChI is InChI=1S/C31H47N3/c1-23-13-17-33(18-14-23)26(4)20-25(3)32-30-11-9-28(10-12-30)21-29-22-31(19-24(2)27(29)5)34-15-7-6-8-16-34/h19-20,22-23,28,30,32H,2,4-18,21H2,1,3H3/b25-20+. The average Bonchev–Trinajstić information content (AvgIpc) is 2.84. The van der Waals surface area contributed by atoms with E-state index in [1.54, 1.807) is 0 Å². The fourth-order valence-electron chi connectivity index (χ4n) is 6.12. The molecule has 1 aromatic rings. The van der Waals surface area contributed by atoms with Crippen molar-refractivity contribution in [3.05, 3.63) is 52.2 Å². The molecule has 3 heteroatoms. The Hall–Kier alpha value is -2.16. The molecule has 4 rings (SSSR count). The highest BCUT2D eigenvalue weighted by Crippen LogP contribution is 2.28. The molecule has 0 atom stereocenters. The van der Waals surface area contributed by atoms with Crippen LogP contribution in [0.15, 0.2) is 36.2 Å². The largest absolute Gasteiger partial charge is 0.386 e. The second kappa shape index (κ2) is 11.5. The molecule has 2 heterocycles. The first-order chi connectivity index (χ1) is 16.4. The van der Waals surface area contributed by atoms with E-state index in [2.05, 4.69) is 66.9 Å². The molecular weight excluding hydrogens is 414 g/mol. The number of anilines is 1. The SMILES string of the molecule is C=C(/C=C(\C)NC1CCC(Cc2cc(N3CCCCC3)cc(=C)c2=C)CC1)N1CCC(C)CC1. The number of hydrogen-bond acceptors (Lipinski definition) is 3. The first kappa shape index (κ1) is 24.9. The number of benzene rings is 1. The van der Waals surface area contributed by atoms with E-state index in [0.717, 1.165) is 41.8 Å². The molecule has 2 saturated heterocycles. The predicted molar refractivity (Wildman–Crippen MR) is 148 cm³/mol. The van der Waals surface area contributed by atoms with Gasteiger partial charge >= 0.3 is 0 Å². The van der Waals surface area contributed by atoms with Gasteiger partial charge in [-0.1, -0.05) is 26.7 Å². The van der Waals surface area contributed by atoms with Gasteiger partial charge in [0.25, 0.3) is 0 Å². The lowest BCUT2D eigenvalue weighted by atomic mass is 9.82. The molecular formula is C31H47N3. The number of nitrogens with zero attached hydrogens (tertiary/aromatic N) is 2.